The first kappa shape index (κ1) is 41.6. The smallest absolute Gasteiger partial charge is 0.404 e. The zero-order chi connectivity index (χ0) is 40.5. The van der Waals surface area contributed by atoms with Gasteiger partial charge in [-0.1, -0.05) is 11.6 Å². The molecule has 5 rings (SSSR count). The first-order chi connectivity index (χ1) is 25.9. The van der Waals surface area contributed by atoms with Crippen LogP contribution in [0, 0.1) is 12.8 Å². The summed E-state index contributed by atoms with van der Waals surface area (Å²) in [5.74, 6) is -1.76. The summed E-state index contributed by atoms with van der Waals surface area (Å²) in [6.07, 6.45) is -12.6. The third-order valence-electron chi connectivity index (χ3n) is 9.88. The number of phenolic OH excluding ortho intramolecular Hbond substituents is 1. The summed E-state index contributed by atoms with van der Waals surface area (Å²) in [6.45, 7) is 7.16. The molecular weight excluding hydrogens is 726 g/mol. The van der Waals surface area contributed by atoms with Crippen LogP contribution in [0.25, 0.3) is 11.0 Å². The van der Waals surface area contributed by atoms with Crippen LogP contribution < -0.4 is 20.8 Å². The number of carbonyl (C=O) groups excluding carboxylic acids is 2. The number of carbonyl (C=O) groups is 2. The zero-order valence-electron chi connectivity index (χ0n) is 30.9. The van der Waals surface area contributed by atoms with E-state index in [1.54, 1.807) is 13.8 Å². The van der Waals surface area contributed by atoms with Gasteiger partial charge in [0.25, 0.3) is 0 Å². The van der Waals surface area contributed by atoms with Crippen LogP contribution in [0.3, 0.4) is 0 Å². The molecule has 1 amide bonds. The second-order valence-electron chi connectivity index (χ2n) is 14.4. The van der Waals surface area contributed by atoms with Crippen LogP contribution in [0.15, 0.2) is 51.2 Å². The minimum absolute atomic E-state index is 0.0198. The van der Waals surface area contributed by atoms with Gasteiger partial charge in [0.1, 0.15) is 53.4 Å². The van der Waals surface area contributed by atoms with E-state index in [-0.39, 0.29) is 44.9 Å². The largest absolute Gasteiger partial charge is 0.508 e. The number of fused-ring (bicyclic) bond motifs is 1. The molecule has 0 saturated carbocycles. The van der Waals surface area contributed by atoms with Gasteiger partial charge in [-0.25, -0.2) is 9.59 Å². The second-order valence-corrected chi connectivity index (χ2v) is 14.4. The molecule has 0 aliphatic carbocycles. The summed E-state index contributed by atoms with van der Waals surface area (Å²) in [6, 6.07) is 7.05. The molecule has 9 N–H and O–H groups in total. The Kier molecular flexibility index (Phi) is 12.6. The molecule has 2 aromatic carbocycles. The lowest BCUT2D eigenvalue weighted by Crippen LogP contribution is -2.62. The lowest BCUT2D eigenvalue weighted by atomic mass is 9.81. The van der Waals surface area contributed by atoms with Crippen LogP contribution >= 0.6 is 0 Å². The van der Waals surface area contributed by atoms with E-state index in [4.69, 9.17) is 33.8 Å². The number of aromatic hydroxyl groups is 1. The number of hydrogen-bond acceptors (Lipinski definition) is 16. The molecule has 1 aromatic heterocycles. The minimum atomic E-state index is -1.88. The van der Waals surface area contributed by atoms with E-state index < -0.39 is 97.9 Å². The Morgan fingerprint density at radius 2 is 1.65 bits per heavy atom. The maximum absolute atomic E-state index is 13.8. The number of aliphatic hydroxyl groups is 6. The number of benzene rings is 2. The molecule has 300 valence electrons. The SMILES string of the molecule is CC(C)=CCc1cc(C(=O)Cc2c(O[C@@H]3O[C@H](CO)[C@H](O)[C@H](O)[C@H]3O)c3ccc(O[C@@H]4OC(C)(C)[C@H](CO)C(OC(N)=O)[C@@H]4O)c(C)c3oc2=O)ccc1O. The number of ether oxygens (including phenoxy) is 5. The van der Waals surface area contributed by atoms with Crippen LogP contribution in [0.4, 0.5) is 4.79 Å². The summed E-state index contributed by atoms with van der Waals surface area (Å²) in [5.41, 5.74) is 4.33. The van der Waals surface area contributed by atoms with Crippen LogP contribution in [0.5, 0.6) is 17.2 Å². The fourth-order valence-corrected chi connectivity index (χ4v) is 6.66. The standard InChI is InChI=1S/C38H47NO16/c1-16(2)6-7-18-12-19(8-10-23(18)42)24(43)13-21-32(53-35-29(46)28(45)27(44)26(15-41)51-35)20-9-11-25(17(3)31(20)52-34(21)48)50-36-30(47)33(54-37(39)49)22(14-40)38(4,5)55-36/h6,8-12,22,26-30,33,35-36,40-42,44-47H,7,13-15H2,1-5H3,(H2,39,49)/t22-,26-,27+,28+,29-,30+,33?,35+,36-/m1/s1. The normalized spacial score (nSPS) is 27.7. The van der Waals surface area contributed by atoms with Crippen molar-refractivity contribution in [2.45, 2.75) is 102 Å². The van der Waals surface area contributed by atoms with Crippen molar-refractivity contribution >= 4 is 22.8 Å². The average Bonchev–Trinajstić information content (AvgIpc) is 3.12. The number of nitrogens with two attached hydrogens (primary N) is 1. The van der Waals surface area contributed by atoms with Crippen molar-refractivity contribution in [1.82, 2.24) is 0 Å². The molecule has 1 unspecified atom stereocenters. The summed E-state index contributed by atoms with van der Waals surface area (Å²) >= 11 is 0. The van der Waals surface area contributed by atoms with Crippen LogP contribution in [-0.2, 0) is 27.1 Å². The number of primary amides is 1. The number of rotatable bonds is 12. The Morgan fingerprint density at radius 3 is 2.29 bits per heavy atom. The summed E-state index contributed by atoms with van der Waals surface area (Å²) in [4.78, 5) is 39.2. The van der Waals surface area contributed by atoms with Gasteiger partial charge >= 0.3 is 11.7 Å². The number of hydrogen-bond donors (Lipinski definition) is 8. The lowest BCUT2D eigenvalue weighted by Gasteiger charge is -2.47. The highest BCUT2D eigenvalue weighted by Gasteiger charge is 2.52. The van der Waals surface area contributed by atoms with E-state index in [9.17, 15) is 50.1 Å². The maximum atomic E-state index is 13.8. The van der Waals surface area contributed by atoms with Crippen molar-refractivity contribution in [2.24, 2.45) is 11.7 Å². The van der Waals surface area contributed by atoms with Crippen LogP contribution in [-0.4, -0.2) is 116 Å². The van der Waals surface area contributed by atoms with Gasteiger partial charge in [0.15, 0.2) is 11.9 Å². The number of aryl methyl sites for hydroxylation is 1. The van der Waals surface area contributed by atoms with Crippen molar-refractivity contribution in [3.8, 4) is 17.2 Å². The number of phenols is 1. The molecule has 2 aliphatic rings. The molecule has 0 bridgehead atoms. The number of Topliss-reactive ketones (excluding diaryl/α,β-unsaturated/α-hetero) is 1. The van der Waals surface area contributed by atoms with Crippen molar-refractivity contribution in [1.29, 1.82) is 0 Å². The molecular formula is C38H47NO16. The van der Waals surface area contributed by atoms with E-state index in [1.807, 2.05) is 19.9 Å². The molecule has 0 radical (unpaired) electrons. The number of ketones is 1. The van der Waals surface area contributed by atoms with Crippen LogP contribution in [0.1, 0.15) is 54.7 Å². The van der Waals surface area contributed by atoms with Gasteiger partial charge in [0.05, 0.1) is 35.7 Å². The third kappa shape index (κ3) is 8.63. The van der Waals surface area contributed by atoms with E-state index in [1.165, 1.54) is 37.3 Å². The molecule has 0 spiro atoms. The minimum Gasteiger partial charge on any atom is -0.508 e. The molecule has 17 heteroatoms. The van der Waals surface area contributed by atoms with Crippen molar-refractivity contribution in [2.75, 3.05) is 13.2 Å². The Labute approximate surface area is 315 Å². The Morgan fingerprint density at radius 1 is 0.945 bits per heavy atom. The Bertz CT molecular complexity index is 1980. The van der Waals surface area contributed by atoms with Gasteiger partial charge in [0, 0.05) is 17.5 Å². The molecule has 2 saturated heterocycles. The summed E-state index contributed by atoms with van der Waals surface area (Å²) < 4.78 is 34.5. The summed E-state index contributed by atoms with van der Waals surface area (Å²) in [5, 5.41) is 73.0. The van der Waals surface area contributed by atoms with Crippen LogP contribution in [0.2, 0.25) is 0 Å². The van der Waals surface area contributed by atoms with Gasteiger partial charge in [0.2, 0.25) is 12.6 Å². The summed E-state index contributed by atoms with van der Waals surface area (Å²) in [7, 11) is 0. The number of allylic oxidation sites excluding steroid dienone is 2. The zero-order valence-corrected chi connectivity index (χ0v) is 30.9. The molecule has 9 atom stereocenters. The number of amides is 1. The monoisotopic (exact) mass is 773 g/mol. The van der Waals surface area contributed by atoms with Gasteiger partial charge < -0.3 is 69.6 Å². The van der Waals surface area contributed by atoms with E-state index >= 15 is 0 Å². The van der Waals surface area contributed by atoms with Crippen molar-refractivity contribution in [3.63, 3.8) is 0 Å². The first-order valence-electron chi connectivity index (χ1n) is 17.5. The predicted octanol–water partition coefficient (Wildman–Crippen LogP) is 0.867. The van der Waals surface area contributed by atoms with Gasteiger partial charge in [-0.3, -0.25) is 4.79 Å². The Balaban J connectivity index is 1.58. The van der Waals surface area contributed by atoms with Crippen molar-refractivity contribution < 1.29 is 73.4 Å². The third-order valence-corrected chi connectivity index (χ3v) is 9.88. The van der Waals surface area contributed by atoms with Gasteiger partial charge in [-0.2, -0.15) is 0 Å². The van der Waals surface area contributed by atoms with Crippen molar-refractivity contribution in [3.05, 3.63) is 74.7 Å². The first-order valence-corrected chi connectivity index (χ1v) is 17.5. The highest BCUT2D eigenvalue weighted by molar-refractivity contribution is 5.99. The van der Waals surface area contributed by atoms with Gasteiger partial charge in [-0.15, -0.1) is 0 Å². The fourth-order valence-electron chi connectivity index (χ4n) is 6.66. The maximum Gasteiger partial charge on any atom is 0.404 e. The molecule has 17 nitrogen and oxygen atoms in total. The second kappa shape index (κ2) is 16.6. The predicted molar refractivity (Wildman–Crippen MR) is 192 cm³/mol. The molecule has 55 heavy (non-hydrogen) atoms. The molecule has 3 aromatic rings. The van der Waals surface area contributed by atoms with E-state index in [2.05, 4.69) is 0 Å². The van der Waals surface area contributed by atoms with Gasteiger partial charge in [-0.05, 0) is 76.9 Å². The molecule has 2 fully saturated rings. The quantitative estimate of drug-likeness (QED) is 0.0720. The van der Waals surface area contributed by atoms with E-state index in [0.717, 1.165) is 5.57 Å². The topological polar surface area (TPSA) is 278 Å². The number of aliphatic hydroxyl groups excluding tert-OH is 6. The Hall–Kier alpha value is -4.59. The molecule has 3 heterocycles. The lowest BCUT2D eigenvalue weighted by molar-refractivity contribution is -0.290. The highest BCUT2D eigenvalue weighted by atomic mass is 16.7. The molecule has 2 aliphatic heterocycles. The fraction of sp³-hybridized carbons (Fsp3) is 0.500. The average molecular weight is 774 g/mol. The highest BCUT2D eigenvalue weighted by Crippen LogP contribution is 2.40. The van der Waals surface area contributed by atoms with E-state index in [0.29, 0.717) is 12.0 Å².